The lowest BCUT2D eigenvalue weighted by Crippen LogP contribution is -2.14. The second kappa shape index (κ2) is 4.44. The molecule has 0 fully saturated rings. The Morgan fingerprint density at radius 3 is 2.45 bits per heavy atom. The van der Waals surface area contributed by atoms with Gasteiger partial charge in [0.25, 0.3) is 0 Å². The van der Waals surface area contributed by atoms with E-state index in [0.29, 0.717) is 0 Å². The Kier molecular flexibility index (Phi) is 2.73. The molecule has 4 rings (SSSR count). The van der Waals surface area contributed by atoms with Gasteiger partial charge in [0.1, 0.15) is 0 Å². The molecule has 1 aliphatic rings. The van der Waals surface area contributed by atoms with Gasteiger partial charge in [-0.2, -0.15) is 0 Å². The van der Waals surface area contributed by atoms with E-state index in [1.807, 2.05) is 12.2 Å². The first-order chi connectivity index (χ1) is 10.6. The molecule has 0 amide bonds. The maximum atomic E-state index is 3.99. The quantitative estimate of drug-likeness (QED) is 0.507. The number of fused-ring (bicyclic) bond motifs is 4. The zero-order valence-corrected chi connectivity index (χ0v) is 13.8. The minimum absolute atomic E-state index is 0.0504. The molecular weight excluding hydrogens is 284 g/mol. The van der Waals surface area contributed by atoms with Crippen molar-refractivity contribution >= 4 is 33.6 Å². The second-order valence-electron chi connectivity index (χ2n) is 6.35. The standard InChI is InChI=1S/C21H18S/c1-5-13-16-11-18-15(12-20(16)22-19(13)6-2)14-9-7-8-10-17(14)21(18,3)4/h5-12H,1-2H2,3-4H3. The molecule has 1 heterocycles. The predicted octanol–water partition coefficient (Wildman–Crippen LogP) is 6.49. The van der Waals surface area contributed by atoms with E-state index in [9.17, 15) is 0 Å². The predicted molar refractivity (Wildman–Crippen MR) is 99.6 cm³/mol. The normalized spacial score (nSPS) is 14.6. The van der Waals surface area contributed by atoms with Crippen LogP contribution in [-0.2, 0) is 5.41 Å². The molecule has 0 radical (unpaired) electrons. The van der Waals surface area contributed by atoms with E-state index in [1.54, 1.807) is 11.3 Å². The van der Waals surface area contributed by atoms with Gasteiger partial charge in [-0.25, -0.2) is 0 Å². The molecule has 1 heteroatoms. The lowest BCUT2D eigenvalue weighted by molar-refractivity contribution is 0.661. The van der Waals surface area contributed by atoms with Gasteiger partial charge in [0, 0.05) is 20.4 Å². The van der Waals surface area contributed by atoms with Crippen LogP contribution in [0, 0.1) is 0 Å². The molecular formula is C21H18S. The van der Waals surface area contributed by atoms with Crippen LogP contribution >= 0.6 is 11.3 Å². The van der Waals surface area contributed by atoms with Gasteiger partial charge in [-0.3, -0.25) is 0 Å². The highest BCUT2D eigenvalue weighted by atomic mass is 32.1. The van der Waals surface area contributed by atoms with Crippen LogP contribution in [0.25, 0.3) is 33.4 Å². The van der Waals surface area contributed by atoms with E-state index in [1.165, 1.54) is 42.8 Å². The molecule has 0 aliphatic heterocycles. The summed E-state index contributed by atoms with van der Waals surface area (Å²) in [6, 6.07) is 13.5. The molecule has 108 valence electrons. The number of hydrogen-bond acceptors (Lipinski definition) is 1. The number of benzene rings is 2. The Hall–Kier alpha value is -2.12. The lowest BCUT2D eigenvalue weighted by Gasteiger charge is -2.21. The largest absolute Gasteiger partial charge is 0.135 e. The van der Waals surface area contributed by atoms with Crippen LogP contribution in [0.3, 0.4) is 0 Å². The minimum Gasteiger partial charge on any atom is -0.135 e. The highest BCUT2D eigenvalue weighted by Crippen LogP contribution is 2.51. The summed E-state index contributed by atoms with van der Waals surface area (Å²) in [5.74, 6) is 0. The fourth-order valence-corrected chi connectivity index (χ4v) is 4.77. The molecule has 0 nitrogen and oxygen atoms in total. The topological polar surface area (TPSA) is 0 Å². The average molecular weight is 302 g/mol. The Labute approximate surface area is 135 Å². The van der Waals surface area contributed by atoms with Gasteiger partial charge >= 0.3 is 0 Å². The highest BCUT2D eigenvalue weighted by molar-refractivity contribution is 7.20. The van der Waals surface area contributed by atoms with Crippen LogP contribution in [0.4, 0.5) is 0 Å². The van der Waals surface area contributed by atoms with Crippen molar-refractivity contribution in [1.29, 1.82) is 0 Å². The molecule has 0 bridgehead atoms. The molecule has 2 aromatic carbocycles. The van der Waals surface area contributed by atoms with E-state index in [2.05, 4.69) is 63.4 Å². The van der Waals surface area contributed by atoms with Gasteiger partial charge < -0.3 is 0 Å². The van der Waals surface area contributed by atoms with Gasteiger partial charge in [0.05, 0.1) is 0 Å². The summed E-state index contributed by atoms with van der Waals surface area (Å²) in [6.07, 6.45) is 3.89. The van der Waals surface area contributed by atoms with Gasteiger partial charge in [0.15, 0.2) is 0 Å². The van der Waals surface area contributed by atoms with Crippen molar-refractivity contribution in [1.82, 2.24) is 0 Å². The lowest BCUT2D eigenvalue weighted by atomic mass is 9.82. The Morgan fingerprint density at radius 2 is 1.73 bits per heavy atom. The van der Waals surface area contributed by atoms with E-state index >= 15 is 0 Å². The third kappa shape index (κ3) is 1.57. The summed E-state index contributed by atoms with van der Waals surface area (Å²) < 4.78 is 1.32. The highest BCUT2D eigenvalue weighted by Gasteiger charge is 2.35. The molecule has 0 saturated heterocycles. The first-order valence-electron chi connectivity index (χ1n) is 7.53. The summed E-state index contributed by atoms with van der Waals surface area (Å²) in [5.41, 5.74) is 6.85. The number of thiophene rings is 1. The van der Waals surface area contributed by atoms with Crippen molar-refractivity contribution in [3.05, 3.63) is 71.1 Å². The van der Waals surface area contributed by atoms with Crippen molar-refractivity contribution in [2.45, 2.75) is 19.3 Å². The zero-order valence-electron chi connectivity index (χ0n) is 12.9. The minimum atomic E-state index is 0.0504. The maximum Gasteiger partial charge on any atom is 0.0361 e. The molecule has 0 spiro atoms. The van der Waals surface area contributed by atoms with Crippen molar-refractivity contribution in [2.75, 3.05) is 0 Å². The van der Waals surface area contributed by atoms with Crippen molar-refractivity contribution < 1.29 is 0 Å². The molecule has 0 N–H and O–H groups in total. The SMILES string of the molecule is C=Cc1sc2cc3c(cc2c1C=C)C(C)(C)c1ccccc1-3. The van der Waals surface area contributed by atoms with Gasteiger partial charge in [0.2, 0.25) is 0 Å². The summed E-state index contributed by atoms with van der Waals surface area (Å²) in [5, 5.41) is 1.30. The Morgan fingerprint density at radius 1 is 0.955 bits per heavy atom. The molecule has 0 atom stereocenters. The van der Waals surface area contributed by atoms with E-state index in [-0.39, 0.29) is 5.41 Å². The molecule has 3 aromatic rings. The van der Waals surface area contributed by atoms with E-state index < -0.39 is 0 Å². The summed E-state index contributed by atoms with van der Waals surface area (Å²) in [7, 11) is 0. The van der Waals surface area contributed by atoms with Gasteiger partial charge in [-0.1, -0.05) is 63.4 Å². The average Bonchev–Trinajstić information content (AvgIpc) is 2.99. The summed E-state index contributed by atoms with van der Waals surface area (Å²) >= 11 is 1.80. The zero-order chi connectivity index (χ0) is 15.5. The molecule has 0 saturated carbocycles. The van der Waals surface area contributed by atoms with Crippen LogP contribution in [0.2, 0.25) is 0 Å². The van der Waals surface area contributed by atoms with Crippen LogP contribution < -0.4 is 0 Å². The molecule has 1 aliphatic carbocycles. The van der Waals surface area contributed by atoms with Crippen LogP contribution in [-0.4, -0.2) is 0 Å². The summed E-state index contributed by atoms with van der Waals surface area (Å²) in [4.78, 5) is 1.21. The first-order valence-corrected chi connectivity index (χ1v) is 8.35. The van der Waals surface area contributed by atoms with E-state index in [0.717, 1.165) is 0 Å². The monoisotopic (exact) mass is 302 g/mol. The Balaban J connectivity index is 2.13. The van der Waals surface area contributed by atoms with Crippen molar-refractivity contribution in [3.63, 3.8) is 0 Å². The van der Waals surface area contributed by atoms with Crippen LogP contribution in [0.15, 0.2) is 49.6 Å². The van der Waals surface area contributed by atoms with Crippen LogP contribution in [0.1, 0.15) is 35.4 Å². The fourth-order valence-electron chi connectivity index (χ4n) is 3.69. The maximum absolute atomic E-state index is 3.99. The number of hydrogen-bond donors (Lipinski definition) is 0. The van der Waals surface area contributed by atoms with Crippen molar-refractivity contribution in [3.8, 4) is 11.1 Å². The Bertz CT molecular complexity index is 938. The molecule has 22 heavy (non-hydrogen) atoms. The summed E-state index contributed by atoms with van der Waals surface area (Å²) in [6.45, 7) is 12.6. The third-order valence-corrected chi connectivity index (χ3v) is 6.01. The van der Waals surface area contributed by atoms with E-state index in [4.69, 9.17) is 0 Å². The van der Waals surface area contributed by atoms with Crippen molar-refractivity contribution in [2.24, 2.45) is 0 Å². The molecule has 0 unspecified atom stereocenters. The molecule has 1 aromatic heterocycles. The smallest absolute Gasteiger partial charge is 0.0361 e. The fraction of sp³-hybridized carbons (Fsp3) is 0.143. The second-order valence-corrected chi connectivity index (χ2v) is 7.44. The van der Waals surface area contributed by atoms with Gasteiger partial charge in [-0.15, -0.1) is 11.3 Å². The van der Waals surface area contributed by atoms with Crippen LogP contribution in [0.5, 0.6) is 0 Å². The van der Waals surface area contributed by atoms with Gasteiger partial charge in [-0.05, 0) is 39.9 Å². The number of rotatable bonds is 2. The third-order valence-electron chi connectivity index (χ3n) is 4.85. The first kappa shape index (κ1) is 13.5.